The molecular weight excluding hydrogens is 432 g/mol. The Balaban J connectivity index is 0.00000306. The van der Waals surface area contributed by atoms with Crippen molar-refractivity contribution in [3.05, 3.63) is 29.3 Å². The number of ketones is 1. The van der Waals surface area contributed by atoms with Crippen LogP contribution in [0.15, 0.2) is 18.2 Å². The van der Waals surface area contributed by atoms with E-state index < -0.39 is 0 Å². The molecule has 1 aromatic rings. The average Bonchev–Trinajstić information content (AvgIpc) is 3.54. The van der Waals surface area contributed by atoms with Gasteiger partial charge in [0.2, 0.25) is 0 Å². The predicted octanol–water partition coefficient (Wildman–Crippen LogP) is 6.18. The van der Waals surface area contributed by atoms with Crippen LogP contribution in [0.2, 0.25) is 0 Å². The van der Waals surface area contributed by atoms with Gasteiger partial charge in [0.05, 0.1) is 6.61 Å². The smallest absolute Gasteiger partial charge is 0.165 e. The fourth-order valence-electron chi connectivity index (χ4n) is 6.58. The summed E-state index contributed by atoms with van der Waals surface area (Å²) >= 11 is 0. The van der Waals surface area contributed by atoms with Crippen LogP contribution in [0, 0.1) is 16.7 Å². The summed E-state index contributed by atoms with van der Waals surface area (Å²) in [4.78, 5) is 18.1. The molecule has 0 amide bonds. The topological polar surface area (TPSA) is 32.8 Å². The van der Waals surface area contributed by atoms with E-state index in [0.29, 0.717) is 29.8 Å². The lowest BCUT2D eigenvalue weighted by Crippen LogP contribution is -2.47. The van der Waals surface area contributed by atoms with E-state index in [1.807, 2.05) is 0 Å². The molecule has 4 nitrogen and oxygen atoms in total. The number of ether oxygens (including phenoxy) is 1. The first-order chi connectivity index (χ1) is 15.2. The number of halogens is 1. The molecule has 186 valence electrons. The first-order valence-electron chi connectivity index (χ1n) is 12.8. The summed E-state index contributed by atoms with van der Waals surface area (Å²) in [6, 6.07) is 6.55. The van der Waals surface area contributed by atoms with Crippen LogP contribution in [0.25, 0.3) is 0 Å². The van der Waals surface area contributed by atoms with Crippen molar-refractivity contribution in [2.75, 3.05) is 51.3 Å². The molecule has 2 saturated carbocycles. The average molecular weight is 477 g/mol. The molecular formula is C28H45ClN2O2. The molecule has 1 aliphatic heterocycles. The highest BCUT2D eigenvalue weighted by Gasteiger charge is 2.40. The Morgan fingerprint density at radius 1 is 1.03 bits per heavy atom. The Kier molecular flexibility index (Phi) is 8.56. The van der Waals surface area contributed by atoms with Crippen molar-refractivity contribution in [2.45, 2.75) is 72.1 Å². The van der Waals surface area contributed by atoms with Crippen molar-refractivity contribution in [1.29, 1.82) is 0 Å². The summed E-state index contributed by atoms with van der Waals surface area (Å²) in [6.45, 7) is 16.0. The first-order valence-corrected chi connectivity index (χ1v) is 12.8. The number of carbonyl (C=O) groups excluding carboxylic acids is 1. The third-order valence-electron chi connectivity index (χ3n) is 7.80. The van der Waals surface area contributed by atoms with Gasteiger partial charge in [0, 0.05) is 57.5 Å². The third-order valence-corrected chi connectivity index (χ3v) is 7.80. The lowest BCUT2D eigenvalue weighted by atomic mass is 9.60. The van der Waals surface area contributed by atoms with Crippen molar-refractivity contribution < 1.29 is 9.53 Å². The first kappa shape index (κ1) is 26.5. The minimum absolute atomic E-state index is 0. The summed E-state index contributed by atoms with van der Waals surface area (Å²) in [5, 5.41) is 0. The lowest BCUT2D eigenvalue weighted by molar-refractivity contribution is 0.0931. The molecule has 0 spiro atoms. The molecule has 2 aliphatic carbocycles. The van der Waals surface area contributed by atoms with Crippen LogP contribution in [0.5, 0.6) is 0 Å². The zero-order chi connectivity index (χ0) is 22.9. The Morgan fingerprint density at radius 2 is 1.67 bits per heavy atom. The van der Waals surface area contributed by atoms with Crippen LogP contribution in [0.1, 0.15) is 88.1 Å². The minimum atomic E-state index is 0. The molecule has 1 heterocycles. The molecule has 1 aromatic carbocycles. The predicted molar refractivity (Wildman–Crippen MR) is 140 cm³/mol. The number of methoxy groups -OCH3 is 1. The third kappa shape index (κ3) is 6.96. The van der Waals surface area contributed by atoms with E-state index in [1.165, 1.54) is 49.9 Å². The van der Waals surface area contributed by atoms with E-state index in [4.69, 9.17) is 4.74 Å². The van der Waals surface area contributed by atoms with Crippen molar-refractivity contribution in [1.82, 2.24) is 4.90 Å². The molecule has 0 aromatic heterocycles. The summed E-state index contributed by atoms with van der Waals surface area (Å²) in [5.41, 5.74) is 4.28. The highest BCUT2D eigenvalue weighted by atomic mass is 35.5. The van der Waals surface area contributed by atoms with Gasteiger partial charge in [0.1, 0.15) is 0 Å². The maximum Gasteiger partial charge on any atom is 0.165 e. The number of carbonyl (C=O) groups is 1. The van der Waals surface area contributed by atoms with Gasteiger partial charge in [-0.05, 0) is 78.5 Å². The highest BCUT2D eigenvalue weighted by molar-refractivity contribution is 5.96. The number of rotatable bonds is 8. The SMILES string of the molecule is COCCC(=O)c1ccc(N2CCN(CC3CC3)CC2)c(C2CC(C)(C)CC(C)(C)C2)c1.Cl. The van der Waals surface area contributed by atoms with E-state index >= 15 is 0 Å². The molecule has 4 rings (SSSR count). The number of benzene rings is 1. The van der Waals surface area contributed by atoms with Crippen LogP contribution < -0.4 is 4.90 Å². The molecule has 0 unspecified atom stereocenters. The van der Waals surface area contributed by atoms with E-state index in [1.54, 1.807) is 7.11 Å². The number of anilines is 1. The zero-order valence-electron chi connectivity index (χ0n) is 21.5. The molecule has 3 fully saturated rings. The van der Waals surface area contributed by atoms with E-state index in [2.05, 4.69) is 55.7 Å². The van der Waals surface area contributed by atoms with Gasteiger partial charge >= 0.3 is 0 Å². The largest absolute Gasteiger partial charge is 0.384 e. The molecule has 0 N–H and O–H groups in total. The Hall–Kier alpha value is -1.10. The van der Waals surface area contributed by atoms with Gasteiger partial charge < -0.3 is 9.64 Å². The van der Waals surface area contributed by atoms with E-state index in [0.717, 1.165) is 37.7 Å². The van der Waals surface area contributed by atoms with Gasteiger partial charge in [0.25, 0.3) is 0 Å². The van der Waals surface area contributed by atoms with E-state index in [9.17, 15) is 4.79 Å². The molecule has 0 atom stereocenters. The number of hydrogen-bond acceptors (Lipinski definition) is 4. The van der Waals surface area contributed by atoms with E-state index in [-0.39, 0.29) is 18.2 Å². The lowest BCUT2D eigenvalue weighted by Gasteiger charge is -2.46. The second kappa shape index (κ2) is 10.7. The van der Waals surface area contributed by atoms with Crippen molar-refractivity contribution in [3.8, 4) is 0 Å². The van der Waals surface area contributed by atoms with Crippen molar-refractivity contribution in [2.24, 2.45) is 16.7 Å². The second-order valence-electron chi connectivity index (χ2n) is 12.3. The number of nitrogens with zero attached hydrogens (tertiary/aromatic N) is 2. The van der Waals surface area contributed by atoms with Gasteiger partial charge in [0.15, 0.2) is 5.78 Å². The Morgan fingerprint density at radius 3 is 2.24 bits per heavy atom. The normalized spacial score (nSPS) is 23.2. The van der Waals surface area contributed by atoms with Crippen LogP contribution in [0.4, 0.5) is 5.69 Å². The van der Waals surface area contributed by atoms with Crippen molar-refractivity contribution >= 4 is 23.9 Å². The molecule has 33 heavy (non-hydrogen) atoms. The van der Waals surface area contributed by atoms with Crippen LogP contribution in [-0.4, -0.2) is 57.1 Å². The summed E-state index contributed by atoms with van der Waals surface area (Å²) in [6.07, 6.45) is 6.96. The highest BCUT2D eigenvalue weighted by Crippen LogP contribution is 2.53. The quantitative estimate of drug-likeness (QED) is 0.419. The summed E-state index contributed by atoms with van der Waals surface area (Å²) in [5.74, 6) is 1.66. The molecule has 0 bridgehead atoms. The zero-order valence-corrected chi connectivity index (χ0v) is 22.3. The van der Waals surface area contributed by atoms with Gasteiger partial charge in [-0.15, -0.1) is 12.4 Å². The molecule has 1 saturated heterocycles. The molecule has 0 radical (unpaired) electrons. The Labute approximate surface area is 207 Å². The maximum atomic E-state index is 12.8. The second-order valence-corrected chi connectivity index (χ2v) is 12.3. The monoisotopic (exact) mass is 476 g/mol. The minimum Gasteiger partial charge on any atom is -0.384 e. The van der Waals surface area contributed by atoms with Crippen molar-refractivity contribution in [3.63, 3.8) is 0 Å². The van der Waals surface area contributed by atoms with Crippen LogP contribution >= 0.6 is 12.4 Å². The fourth-order valence-corrected chi connectivity index (χ4v) is 6.58. The number of hydrogen-bond donors (Lipinski definition) is 0. The van der Waals surface area contributed by atoms with Gasteiger partial charge in [-0.1, -0.05) is 27.7 Å². The molecule has 5 heteroatoms. The number of piperazine rings is 1. The fraction of sp³-hybridized carbons (Fsp3) is 0.750. The summed E-state index contributed by atoms with van der Waals surface area (Å²) in [7, 11) is 1.66. The summed E-state index contributed by atoms with van der Waals surface area (Å²) < 4.78 is 5.16. The van der Waals surface area contributed by atoms with Gasteiger partial charge in [-0.25, -0.2) is 0 Å². The molecule has 3 aliphatic rings. The number of Topliss-reactive ketones (excluding diaryl/α,β-unsaturated/α-hetero) is 1. The van der Waals surface area contributed by atoms with Crippen LogP contribution in [-0.2, 0) is 4.74 Å². The Bertz CT molecular complexity index is 794. The van der Waals surface area contributed by atoms with Gasteiger partial charge in [-0.2, -0.15) is 0 Å². The van der Waals surface area contributed by atoms with Crippen LogP contribution in [0.3, 0.4) is 0 Å². The maximum absolute atomic E-state index is 12.8. The van der Waals surface area contributed by atoms with Gasteiger partial charge in [-0.3, -0.25) is 9.69 Å². The standard InChI is InChI=1S/C28H44N2O2.ClH/c1-27(2)17-23(18-28(3,4)20-27)24-16-22(26(31)10-15-32-5)8-9-25(24)30-13-11-29(12-14-30)19-21-6-7-21;/h8-9,16,21,23H,6-7,10-15,17-20H2,1-5H3;1H.